The van der Waals surface area contributed by atoms with Crippen molar-refractivity contribution in [3.05, 3.63) is 76.6 Å². The maximum atomic E-state index is 11.5. The minimum Gasteiger partial charge on any atom is -0.489 e. The Morgan fingerprint density at radius 3 is 2.32 bits per heavy atom. The first kappa shape index (κ1) is 25.5. The lowest BCUT2D eigenvalue weighted by Crippen LogP contribution is -2.33. The molecule has 182 valence electrons. The van der Waals surface area contributed by atoms with Crippen molar-refractivity contribution in [1.29, 1.82) is 0 Å². The van der Waals surface area contributed by atoms with Gasteiger partial charge in [0.2, 0.25) is 0 Å². The Hall–Kier alpha value is -3.12. The summed E-state index contributed by atoms with van der Waals surface area (Å²) in [5.74, 6) is 5.29. The van der Waals surface area contributed by atoms with Crippen LogP contribution in [0.3, 0.4) is 0 Å². The van der Waals surface area contributed by atoms with E-state index in [9.17, 15) is 9.90 Å². The van der Waals surface area contributed by atoms with Gasteiger partial charge in [0.1, 0.15) is 12.4 Å². The van der Waals surface area contributed by atoms with Crippen molar-refractivity contribution < 1.29 is 14.6 Å². The summed E-state index contributed by atoms with van der Waals surface area (Å²) in [5.41, 5.74) is 5.73. The molecule has 0 fully saturated rings. The predicted molar refractivity (Wildman–Crippen MR) is 137 cm³/mol. The van der Waals surface area contributed by atoms with Crippen LogP contribution in [0.2, 0.25) is 0 Å². The van der Waals surface area contributed by atoms with Crippen molar-refractivity contribution >= 4 is 12.7 Å². The van der Waals surface area contributed by atoms with Gasteiger partial charge in [0.15, 0.2) is 0 Å². The van der Waals surface area contributed by atoms with E-state index < -0.39 is 11.9 Å². The summed E-state index contributed by atoms with van der Waals surface area (Å²) < 4.78 is 6.08. The van der Waals surface area contributed by atoms with Crippen molar-refractivity contribution in [2.24, 2.45) is 10.8 Å². The van der Waals surface area contributed by atoms with Crippen LogP contribution in [0.1, 0.15) is 75.1 Å². The van der Waals surface area contributed by atoms with Gasteiger partial charge in [-0.2, -0.15) is 0 Å². The van der Waals surface area contributed by atoms with Crippen LogP contribution in [0.5, 0.6) is 5.75 Å². The van der Waals surface area contributed by atoms with Crippen molar-refractivity contribution in [2.75, 3.05) is 7.05 Å². The van der Waals surface area contributed by atoms with Gasteiger partial charge in [-0.3, -0.25) is 9.79 Å². The number of aliphatic imine (C=N–C) groups is 1. The monoisotopic (exact) mass is 463 g/mol. The molecule has 3 N–H and O–H groups in total. The standard InChI is InChI=1S/C28H37N3O3/c1-27(2)13-14-28(3,4)24-15-19(7-12-23(24)27)18-34-21-10-8-20(9-11-21)22(16-26(32)33)25(17-30-5)31(6)29/h7-12,15,17,22H,5,13-14,16,18,29H2,1-4,6H3,(H,32,33)/b25-17-/t22-/m0/s1. The zero-order valence-electron chi connectivity index (χ0n) is 21.0. The van der Waals surface area contributed by atoms with Crippen molar-refractivity contribution in [2.45, 2.75) is 70.3 Å². The lowest BCUT2D eigenvalue weighted by molar-refractivity contribution is -0.137. The number of benzene rings is 2. The molecule has 0 heterocycles. The third kappa shape index (κ3) is 5.68. The Morgan fingerprint density at radius 2 is 1.76 bits per heavy atom. The molecule has 1 aliphatic rings. The second kappa shape index (κ2) is 10.0. The van der Waals surface area contributed by atoms with Crippen molar-refractivity contribution in [3.8, 4) is 5.75 Å². The summed E-state index contributed by atoms with van der Waals surface area (Å²) in [6, 6.07) is 14.2. The topological polar surface area (TPSA) is 88.2 Å². The number of aliphatic carboxylic acids is 1. The zero-order chi connectivity index (χ0) is 25.1. The third-order valence-corrected chi connectivity index (χ3v) is 6.97. The summed E-state index contributed by atoms with van der Waals surface area (Å²) in [6.45, 7) is 13.2. The highest BCUT2D eigenvalue weighted by Gasteiger charge is 2.36. The van der Waals surface area contributed by atoms with Crippen LogP contribution in [0.15, 0.2) is 59.4 Å². The molecule has 0 saturated heterocycles. The molecule has 0 aromatic heterocycles. The molecule has 0 radical (unpaired) electrons. The first-order chi connectivity index (χ1) is 15.9. The second-order valence-electron chi connectivity index (χ2n) is 10.5. The summed E-state index contributed by atoms with van der Waals surface area (Å²) in [5, 5.41) is 10.8. The van der Waals surface area contributed by atoms with E-state index in [-0.39, 0.29) is 17.3 Å². The second-order valence-corrected chi connectivity index (χ2v) is 10.5. The molecule has 2 aromatic rings. The molecular weight excluding hydrogens is 426 g/mol. The van der Waals surface area contributed by atoms with E-state index in [1.807, 2.05) is 24.3 Å². The van der Waals surface area contributed by atoms with Gasteiger partial charge in [-0.15, -0.1) is 0 Å². The molecule has 0 bridgehead atoms. The number of hydrogen-bond donors (Lipinski definition) is 2. The number of carboxylic acids is 1. The fraction of sp³-hybridized carbons (Fsp3) is 0.429. The smallest absolute Gasteiger partial charge is 0.304 e. The number of carboxylic acid groups (broad SMARTS) is 1. The molecular formula is C28H37N3O3. The fourth-order valence-corrected chi connectivity index (χ4v) is 4.78. The SMILES string of the molecule is C=N/C=C(/[C@@H](CC(=O)O)c1ccc(OCc2ccc3c(c2)C(C)(C)CCC3(C)C)cc1)N(C)N. The van der Waals surface area contributed by atoms with Gasteiger partial charge in [-0.25, -0.2) is 5.84 Å². The number of allylic oxidation sites excluding steroid dienone is 1. The van der Waals surface area contributed by atoms with Gasteiger partial charge in [0, 0.05) is 19.2 Å². The summed E-state index contributed by atoms with van der Waals surface area (Å²) in [4.78, 5) is 15.3. The van der Waals surface area contributed by atoms with E-state index in [2.05, 4.69) is 57.6 Å². The molecule has 6 nitrogen and oxygen atoms in total. The number of carbonyl (C=O) groups is 1. The summed E-state index contributed by atoms with van der Waals surface area (Å²) in [7, 11) is 1.66. The van der Waals surface area contributed by atoms with Gasteiger partial charge in [0.25, 0.3) is 0 Å². The Morgan fingerprint density at radius 1 is 1.15 bits per heavy atom. The largest absolute Gasteiger partial charge is 0.489 e. The molecule has 34 heavy (non-hydrogen) atoms. The Kier molecular flexibility index (Phi) is 7.51. The number of hydrazine groups is 1. The number of nitrogens with zero attached hydrogens (tertiary/aromatic N) is 2. The maximum absolute atomic E-state index is 11.5. The lowest BCUT2D eigenvalue weighted by atomic mass is 9.63. The molecule has 0 aliphatic heterocycles. The van der Waals surface area contributed by atoms with E-state index in [0.29, 0.717) is 12.3 Å². The van der Waals surface area contributed by atoms with Crippen LogP contribution >= 0.6 is 0 Å². The molecule has 6 heteroatoms. The van der Waals surface area contributed by atoms with Crippen LogP contribution in [-0.4, -0.2) is 29.8 Å². The van der Waals surface area contributed by atoms with E-state index in [1.165, 1.54) is 35.2 Å². The molecule has 2 aromatic carbocycles. The number of ether oxygens (including phenoxy) is 1. The Labute approximate surface area is 203 Å². The van der Waals surface area contributed by atoms with E-state index in [4.69, 9.17) is 10.6 Å². The normalized spacial score (nSPS) is 17.4. The molecule has 0 saturated carbocycles. The highest BCUT2D eigenvalue weighted by atomic mass is 16.5. The Bertz CT molecular complexity index is 1070. The summed E-state index contributed by atoms with van der Waals surface area (Å²) >= 11 is 0. The van der Waals surface area contributed by atoms with Crippen LogP contribution in [-0.2, 0) is 22.2 Å². The lowest BCUT2D eigenvalue weighted by Gasteiger charge is -2.42. The van der Waals surface area contributed by atoms with Crippen LogP contribution in [0.25, 0.3) is 0 Å². The summed E-state index contributed by atoms with van der Waals surface area (Å²) in [6.07, 6.45) is 3.76. The highest BCUT2D eigenvalue weighted by molar-refractivity contribution is 5.69. The average molecular weight is 464 g/mol. The van der Waals surface area contributed by atoms with Crippen LogP contribution in [0, 0.1) is 0 Å². The molecule has 0 unspecified atom stereocenters. The molecule has 3 rings (SSSR count). The average Bonchev–Trinajstić information content (AvgIpc) is 2.78. The van der Waals surface area contributed by atoms with Crippen molar-refractivity contribution in [3.63, 3.8) is 0 Å². The maximum Gasteiger partial charge on any atom is 0.304 e. The fourth-order valence-electron chi connectivity index (χ4n) is 4.78. The molecule has 1 aliphatic carbocycles. The third-order valence-electron chi connectivity index (χ3n) is 6.97. The molecule has 0 amide bonds. The van der Waals surface area contributed by atoms with Gasteiger partial charge in [0.05, 0.1) is 12.1 Å². The minimum atomic E-state index is -0.916. The Balaban J connectivity index is 1.78. The first-order valence-corrected chi connectivity index (χ1v) is 11.7. The van der Waals surface area contributed by atoms with Crippen molar-refractivity contribution in [1.82, 2.24) is 5.01 Å². The molecule has 1 atom stereocenters. The highest BCUT2D eigenvalue weighted by Crippen LogP contribution is 2.46. The van der Waals surface area contributed by atoms with E-state index >= 15 is 0 Å². The van der Waals surface area contributed by atoms with E-state index in [1.54, 1.807) is 7.05 Å². The number of fused-ring (bicyclic) bond motifs is 1. The number of nitrogens with two attached hydrogens (primary N) is 1. The first-order valence-electron chi connectivity index (χ1n) is 11.7. The molecule has 0 spiro atoms. The predicted octanol–water partition coefficient (Wildman–Crippen LogP) is 5.52. The van der Waals surface area contributed by atoms with Gasteiger partial charge in [-0.05, 0) is 64.8 Å². The number of rotatable bonds is 9. The van der Waals surface area contributed by atoms with E-state index in [0.717, 1.165) is 16.9 Å². The minimum absolute atomic E-state index is 0.107. The van der Waals surface area contributed by atoms with Crippen LogP contribution < -0.4 is 10.6 Å². The van der Waals surface area contributed by atoms with Gasteiger partial charge < -0.3 is 14.9 Å². The number of hydrogen-bond acceptors (Lipinski definition) is 5. The van der Waals surface area contributed by atoms with Crippen LogP contribution in [0.4, 0.5) is 0 Å². The van der Waals surface area contributed by atoms with Gasteiger partial charge in [-0.1, -0.05) is 58.0 Å². The number of likely N-dealkylation sites (N-methyl/N-ethyl adjacent to an activating group) is 1. The quantitative estimate of drug-likeness (QED) is 0.290. The zero-order valence-corrected chi connectivity index (χ0v) is 21.0. The van der Waals surface area contributed by atoms with Gasteiger partial charge >= 0.3 is 5.97 Å².